The number of fused-ring (bicyclic) bond motifs is 1. The number of sulfonamides is 1. The van der Waals surface area contributed by atoms with Gasteiger partial charge in [-0.2, -0.15) is 0 Å². The summed E-state index contributed by atoms with van der Waals surface area (Å²) in [7, 11) is -3.81. The van der Waals surface area contributed by atoms with Crippen LogP contribution >= 0.6 is 0 Å². The third-order valence-corrected chi connectivity index (χ3v) is 7.07. The van der Waals surface area contributed by atoms with E-state index in [0.717, 1.165) is 17.7 Å². The molecular formula is C24H23FN2O4S. The number of hydrogen-bond donors (Lipinski definition) is 1. The standard InChI is InChI=1S/C24H23FN2O4S/c1-2-31-21-10-5-17(6-11-21)24(28)26-20-9-14-23-18(16-20)4-3-15-27(23)32(29,30)22-12-7-19(25)8-13-22/h5-14,16H,2-4,15H2,1H3,(H,26,28). The van der Waals surface area contributed by atoms with Gasteiger partial charge in [0.2, 0.25) is 0 Å². The fraction of sp³-hybridized carbons (Fsp3) is 0.208. The predicted molar refractivity (Wildman–Crippen MR) is 121 cm³/mol. The second-order valence-electron chi connectivity index (χ2n) is 7.39. The molecule has 0 saturated heterocycles. The number of carbonyl (C=O) groups excluding carboxylic acids is 1. The molecule has 0 aliphatic carbocycles. The Morgan fingerprint density at radius 1 is 1.06 bits per heavy atom. The van der Waals surface area contributed by atoms with E-state index in [1.54, 1.807) is 42.5 Å². The normalized spacial score (nSPS) is 13.4. The average Bonchev–Trinajstić information content (AvgIpc) is 2.79. The van der Waals surface area contributed by atoms with Crippen molar-refractivity contribution < 1.29 is 22.3 Å². The third-order valence-electron chi connectivity index (χ3n) is 5.24. The quantitative estimate of drug-likeness (QED) is 0.590. The third kappa shape index (κ3) is 4.45. The van der Waals surface area contributed by atoms with Crippen molar-refractivity contribution in [3.63, 3.8) is 0 Å². The largest absolute Gasteiger partial charge is 0.494 e. The van der Waals surface area contributed by atoms with Crippen LogP contribution in [0.1, 0.15) is 29.3 Å². The van der Waals surface area contributed by atoms with Gasteiger partial charge in [0.1, 0.15) is 11.6 Å². The van der Waals surface area contributed by atoms with E-state index in [-0.39, 0.29) is 10.8 Å². The minimum Gasteiger partial charge on any atom is -0.494 e. The van der Waals surface area contributed by atoms with Gasteiger partial charge < -0.3 is 10.1 Å². The van der Waals surface area contributed by atoms with E-state index in [4.69, 9.17) is 4.74 Å². The van der Waals surface area contributed by atoms with Crippen LogP contribution in [0, 0.1) is 5.82 Å². The van der Waals surface area contributed by atoms with Crippen molar-refractivity contribution in [3.8, 4) is 5.75 Å². The SMILES string of the molecule is CCOc1ccc(C(=O)Nc2ccc3c(c2)CCCN3S(=O)(=O)c2ccc(F)cc2)cc1. The molecule has 8 heteroatoms. The number of ether oxygens (including phenoxy) is 1. The Morgan fingerprint density at radius 2 is 1.78 bits per heavy atom. The molecule has 0 unspecified atom stereocenters. The summed E-state index contributed by atoms with van der Waals surface area (Å²) in [6.45, 7) is 2.78. The van der Waals surface area contributed by atoms with Crippen LogP contribution in [0.15, 0.2) is 71.6 Å². The van der Waals surface area contributed by atoms with Crippen molar-refractivity contribution in [3.05, 3.63) is 83.7 Å². The van der Waals surface area contributed by atoms with Crippen LogP contribution in [0.2, 0.25) is 0 Å². The van der Waals surface area contributed by atoms with Gasteiger partial charge in [-0.15, -0.1) is 0 Å². The topological polar surface area (TPSA) is 75.7 Å². The van der Waals surface area contributed by atoms with E-state index in [2.05, 4.69) is 5.32 Å². The monoisotopic (exact) mass is 454 g/mol. The van der Waals surface area contributed by atoms with E-state index in [0.29, 0.717) is 48.7 Å². The number of anilines is 2. The van der Waals surface area contributed by atoms with Gasteiger partial charge in [0.05, 0.1) is 17.2 Å². The summed E-state index contributed by atoms with van der Waals surface area (Å²) in [5.74, 6) is -0.0595. The molecule has 0 fully saturated rings. The van der Waals surface area contributed by atoms with Crippen LogP contribution < -0.4 is 14.4 Å². The molecule has 0 atom stereocenters. The lowest BCUT2D eigenvalue weighted by Gasteiger charge is -2.31. The van der Waals surface area contributed by atoms with E-state index in [9.17, 15) is 17.6 Å². The highest BCUT2D eigenvalue weighted by molar-refractivity contribution is 7.92. The molecule has 166 valence electrons. The molecule has 0 radical (unpaired) electrons. The van der Waals surface area contributed by atoms with E-state index in [1.165, 1.54) is 16.4 Å². The molecule has 1 aliphatic heterocycles. The number of hydrogen-bond acceptors (Lipinski definition) is 4. The van der Waals surface area contributed by atoms with Gasteiger partial charge in [0, 0.05) is 17.8 Å². The number of halogens is 1. The molecule has 1 aliphatic rings. The van der Waals surface area contributed by atoms with Gasteiger partial charge in [-0.25, -0.2) is 12.8 Å². The van der Waals surface area contributed by atoms with Crippen molar-refractivity contribution in [1.82, 2.24) is 0 Å². The molecule has 1 heterocycles. The first-order valence-corrected chi connectivity index (χ1v) is 11.8. The Kier molecular flexibility index (Phi) is 6.14. The summed E-state index contributed by atoms with van der Waals surface area (Å²) in [4.78, 5) is 12.6. The molecule has 1 amide bonds. The fourth-order valence-electron chi connectivity index (χ4n) is 3.70. The van der Waals surface area contributed by atoms with Crippen LogP contribution in [0.4, 0.5) is 15.8 Å². The number of nitrogens with one attached hydrogen (secondary N) is 1. The molecule has 3 aromatic carbocycles. The zero-order valence-electron chi connectivity index (χ0n) is 17.5. The van der Waals surface area contributed by atoms with Crippen LogP contribution in [-0.2, 0) is 16.4 Å². The summed E-state index contributed by atoms with van der Waals surface area (Å²) >= 11 is 0. The molecule has 0 spiro atoms. The smallest absolute Gasteiger partial charge is 0.264 e. The minimum atomic E-state index is -3.81. The average molecular weight is 455 g/mol. The van der Waals surface area contributed by atoms with Crippen molar-refractivity contribution in [2.75, 3.05) is 22.8 Å². The summed E-state index contributed by atoms with van der Waals surface area (Å²) in [5.41, 5.74) is 2.47. The van der Waals surface area contributed by atoms with E-state index < -0.39 is 15.8 Å². The zero-order valence-corrected chi connectivity index (χ0v) is 18.4. The summed E-state index contributed by atoms with van der Waals surface area (Å²) < 4.78 is 46.2. The van der Waals surface area contributed by atoms with Crippen LogP contribution in [0.25, 0.3) is 0 Å². The van der Waals surface area contributed by atoms with Gasteiger partial charge >= 0.3 is 0 Å². The minimum absolute atomic E-state index is 0.0413. The van der Waals surface area contributed by atoms with Crippen molar-refractivity contribution >= 4 is 27.3 Å². The summed E-state index contributed by atoms with van der Waals surface area (Å²) in [6, 6.07) is 16.9. The lowest BCUT2D eigenvalue weighted by molar-refractivity contribution is 0.102. The number of carbonyl (C=O) groups is 1. The molecule has 32 heavy (non-hydrogen) atoms. The number of amides is 1. The number of nitrogens with zero attached hydrogens (tertiary/aromatic N) is 1. The molecule has 3 aromatic rings. The molecule has 4 rings (SSSR count). The highest BCUT2D eigenvalue weighted by Gasteiger charge is 2.29. The number of rotatable bonds is 6. The second-order valence-corrected chi connectivity index (χ2v) is 9.25. The molecule has 0 aromatic heterocycles. The van der Waals surface area contributed by atoms with E-state index >= 15 is 0 Å². The molecule has 0 bridgehead atoms. The highest BCUT2D eigenvalue weighted by Crippen LogP contribution is 2.34. The lowest BCUT2D eigenvalue weighted by Crippen LogP contribution is -2.35. The van der Waals surface area contributed by atoms with E-state index in [1.807, 2.05) is 6.92 Å². The zero-order chi connectivity index (χ0) is 22.7. The Bertz CT molecular complexity index is 1230. The van der Waals surface area contributed by atoms with Gasteiger partial charge in [-0.05, 0) is 92.1 Å². The first-order valence-electron chi connectivity index (χ1n) is 10.3. The first kappa shape index (κ1) is 21.8. The Labute approximate surface area is 186 Å². The molecular weight excluding hydrogens is 431 g/mol. The molecule has 1 N–H and O–H groups in total. The Balaban J connectivity index is 1.55. The number of benzene rings is 3. The van der Waals surface area contributed by atoms with Gasteiger partial charge in [-0.3, -0.25) is 9.10 Å². The maximum atomic E-state index is 13.2. The highest BCUT2D eigenvalue weighted by atomic mass is 32.2. The summed E-state index contributed by atoms with van der Waals surface area (Å²) in [5, 5.41) is 2.86. The summed E-state index contributed by atoms with van der Waals surface area (Å²) in [6.07, 6.45) is 1.33. The molecule has 0 saturated carbocycles. The Hall–Kier alpha value is -3.39. The van der Waals surface area contributed by atoms with Gasteiger partial charge in [-0.1, -0.05) is 0 Å². The number of aryl methyl sites for hydroxylation is 1. The maximum absolute atomic E-state index is 13.2. The van der Waals surface area contributed by atoms with Crippen molar-refractivity contribution in [2.45, 2.75) is 24.7 Å². The molecule has 6 nitrogen and oxygen atoms in total. The maximum Gasteiger partial charge on any atom is 0.264 e. The van der Waals surface area contributed by atoms with Crippen molar-refractivity contribution in [2.24, 2.45) is 0 Å². The van der Waals surface area contributed by atoms with Crippen molar-refractivity contribution in [1.29, 1.82) is 0 Å². The van der Waals surface area contributed by atoms with Crippen LogP contribution in [-0.4, -0.2) is 27.5 Å². The second kappa shape index (κ2) is 9.00. The Morgan fingerprint density at radius 3 is 2.47 bits per heavy atom. The van der Waals surface area contributed by atoms with Crippen LogP contribution in [0.3, 0.4) is 0 Å². The van der Waals surface area contributed by atoms with Gasteiger partial charge in [0.15, 0.2) is 0 Å². The predicted octanol–water partition coefficient (Wildman–Crippen LogP) is 4.62. The lowest BCUT2D eigenvalue weighted by atomic mass is 10.0. The first-order chi connectivity index (χ1) is 15.4. The van der Waals surface area contributed by atoms with Crippen LogP contribution in [0.5, 0.6) is 5.75 Å². The van der Waals surface area contributed by atoms with Gasteiger partial charge in [0.25, 0.3) is 15.9 Å². The fourth-order valence-corrected chi connectivity index (χ4v) is 5.24.